The third kappa shape index (κ3) is 4.12. The highest BCUT2D eigenvalue weighted by Gasteiger charge is 2.14. The van der Waals surface area contributed by atoms with Gasteiger partial charge in [0.1, 0.15) is 0 Å². The number of aryl methyl sites for hydroxylation is 1. The van der Waals surface area contributed by atoms with Crippen LogP contribution in [0.3, 0.4) is 0 Å². The lowest BCUT2D eigenvalue weighted by atomic mass is 10.1. The van der Waals surface area contributed by atoms with Crippen LogP contribution < -0.4 is 11.0 Å². The van der Waals surface area contributed by atoms with Crippen LogP contribution in [0.4, 0.5) is 17.1 Å². The minimum Gasteiger partial charge on any atom is -0.478 e. The third-order valence-corrected chi connectivity index (χ3v) is 3.81. The van der Waals surface area contributed by atoms with Crippen molar-refractivity contribution >= 4 is 34.1 Å². The van der Waals surface area contributed by atoms with Crippen molar-refractivity contribution in [3.05, 3.63) is 72.7 Å². The highest BCUT2D eigenvalue weighted by molar-refractivity contribution is 5.94. The summed E-state index contributed by atoms with van der Waals surface area (Å²) < 4.78 is 1.34. The smallest absolute Gasteiger partial charge is 0.337 e. The van der Waals surface area contributed by atoms with Gasteiger partial charge in [-0.25, -0.2) is 9.59 Å². The number of hydrogen-bond acceptors (Lipinski definition) is 7. The number of nitro groups is 2. The highest BCUT2D eigenvalue weighted by Crippen LogP contribution is 2.22. The van der Waals surface area contributed by atoms with Crippen molar-refractivity contribution in [2.45, 2.75) is 0 Å². The predicted molar refractivity (Wildman–Crippen MR) is 99.8 cm³/mol. The van der Waals surface area contributed by atoms with Crippen LogP contribution in [0.1, 0.15) is 10.4 Å². The molecule has 0 unspecified atom stereocenters. The van der Waals surface area contributed by atoms with Gasteiger partial charge in [-0.15, -0.1) is 0 Å². The lowest BCUT2D eigenvalue weighted by Gasteiger charge is -2.03. The molecule has 1 aromatic heterocycles. The Morgan fingerprint density at radius 3 is 2.21 bits per heavy atom. The lowest BCUT2D eigenvalue weighted by Crippen LogP contribution is -2.11. The van der Waals surface area contributed by atoms with E-state index in [1.165, 1.54) is 41.9 Å². The maximum Gasteiger partial charge on any atom is 0.337 e. The van der Waals surface area contributed by atoms with Gasteiger partial charge < -0.3 is 15.4 Å². The van der Waals surface area contributed by atoms with Gasteiger partial charge in [0.25, 0.3) is 11.4 Å². The molecule has 0 aliphatic carbocycles. The standard InChI is InChI=1S/C8H7N3O3.C8H8N2O4/c1-10-7-4-5(11(13)14)2-3-6(7)9-8(10)12;1-9-7-4-5(10(13)14)2-3-6(7)8(11)12/h2-4H,1H3,(H,9,12);2-4,9H,1H3,(H,11,12). The van der Waals surface area contributed by atoms with Gasteiger partial charge in [0.05, 0.1) is 32.1 Å². The van der Waals surface area contributed by atoms with E-state index < -0.39 is 15.8 Å². The number of nitrogens with zero attached hydrogens (tertiary/aromatic N) is 3. The number of hydrogen-bond donors (Lipinski definition) is 3. The minimum absolute atomic E-state index is 0.0121. The van der Waals surface area contributed by atoms with Crippen molar-refractivity contribution in [2.75, 3.05) is 12.4 Å². The second-order valence-corrected chi connectivity index (χ2v) is 5.49. The maximum absolute atomic E-state index is 11.2. The molecule has 12 heteroatoms. The number of nitrogens with one attached hydrogen (secondary N) is 2. The van der Waals surface area contributed by atoms with E-state index in [2.05, 4.69) is 10.3 Å². The second kappa shape index (κ2) is 7.99. The van der Waals surface area contributed by atoms with E-state index in [9.17, 15) is 29.8 Å². The Morgan fingerprint density at radius 2 is 1.68 bits per heavy atom. The van der Waals surface area contributed by atoms with Crippen molar-refractivity contribution in [2.24, 2.45) is 7.05 Å². The molecule has 0 saturated carbocycles. The zero-order chi connectivity index (χ0) is 21.0. The summed E-state index contributed by atoms with van der Waals surface area (Å²) in [5.41, 5.74) is 0.934. The van der Waals surface area contributed by atoms with Crippen LogP contribution in [-0.2, 0) is 7.05 Å². The van der Waals surface area contributed by atoms with Crippen molar-refractivity contribution in [1.82, 2.24) is 9.55 Å². The number of anilines is 1. The fourth-order valence-corrected chi connectivity index (χ4v) is 2.36. The van der Waals surface area contributed by atoms with Crippen LogP contribution in [0.5, 0.6) is 0 Å². The van der Waals surface area contributed by atoms with Crippen molar-refractivity contribution < 1.29 is 19.7 Å². The van der Waals surface area contributed by atoms with Crippen LogP contribution in [0.15, 0.2) is 41.2 Å². The molecule has 0 aliphatic rings. The van der Waals surface area contributed by atoms with Crippen LogP contribution in [0, 0.1) is 20.2 Å². The molecular formula is C16H15N5O7. The molecule has 0 atom stereocenters. The first-order valence-corrected chi connectivity index (χ1v) is 7.68. The number of aromatic carboxylic acids is 1. The highest BCUT2D eigenvalue weighted by atomic mass is 16.6. The Morgan fingerprint density at radius 1 is 1.11 bits per heavy atom. The number of carboxylic acid groups (broad SMARTS) is 1. The molecule has 3 N–H and O–H groups in total. The SMILES string of the molecule is CNc1cc([N+](=O)[O-])ccc1C(=O)O.Cn1c(=O)[nH]c2ccc([N+](=O)[O-])cc21. The Bertz CT molecular complexity index is 1130. The molecule has 2 aromatic carbocycles. The van der Waals surface area contributed by atoms with E-state index in [4.69, 9.17) is 5.11 Å². The fraction of sp³-hybridized carbons (Fsp3) is 0.125. The van der Waals surface area contributed by atoms with E-state index in [1.807, 2.05) is 0 Å². The number of benzene rings is 2. The minimum atomic E-state index is -1.12. The van der Waals surface area contributed by atoms with E-state index in [1.54, 1.807) is 7.05 Å². The monoisotopic (exact) mass is 389 g/mol. The molecule has 0 fully saturated rings. The molecule has 3 aromatic rings. The first-order valence-electron chi connectivity index (χ1n) is 7.68. The van der Waals surface area contributed by atoms with Gasteiger partial charge in [-0.2, -0.15) is 0 Å². The average molecular weight is 389 g/mol. The molecular weight excluding hydrogens is 374 g/mol. The number of rotatable bonds is 4. The topological polar surface area (TPSA) is 173 Å². The molecule has 0 spiro atoms. The molecule has 28 heavy (non-hydrogen) atoms. The second-order valence-electron chi connectivity index (χ2n) is 5.49. The number of imidazole rings is 1. The summed E-state index contributed by atoms with van der Waals surface area (Å²) in [5, 5.41) is 32.2. The summed E-state index contributed by atoms with van der Waals surface area (Å²) in [7, 11) is 3.07. The summed E-state index contributed by atoms with van der Waals surface area (Å²) in [6.45, 7) is 0. The molecule has 0 radical (unpaired) electrons. The van der Waals surface area contributed by atoms with Crippen LogP contribution in [-0.4, -0.2) is 37.5 Å². The number of H-pyrrole nitrogens is 1. The summed E-state index contributed by atoms with van der Waals surface area (Å²) in [6, 6.07) is 7.79. The third-order valence-electron chi connectivity index (χ3n) is 3.81. The lowest BCUT2D eigenvalue weighted by molar-refractivity contribution is -0.384. The first-order chi connectivity index (χ1) is 13.1. The number of non-ortho nitro benzene ring substituents is 2. The van der Waals surface area contributed by atoms with Crippen molar-refractivity contribution in [1.29, 1.82) is 0 Å². The average Bonchev–Trinajstić information content (AvgIpc) is 2.95. The van der Waals surface area contributed by atoms with Gasteiger partial charge in [-0.3, -0.25) is 24.8 Å². The normalized spacial score (nSPS) is 10.1. The number of carboxylic acids is 1. The summed E-state index contributed by atoms with van der Waals surface area (Å²) in [6.07, 6.45) is 0. The van der Waals surface area contributed by atoms with Gasteiger partial charge in [0.15, 0.2) is 0 Å². The Labute approximate surface area is 156 Å². The molecule has 0 saturated heterocycles. The maximum atomic E-state index is 11.2. The number of carbonyl (C=O) groups is 1. The van der Waals surface area contributed by atoms with E-state index in [0.717, 1.165) is 6.07 Å². The van der Waals surface area contributed by atoms with Gasteiger partial charge in [0.2, 0.25) is 0 Å². The molecule has 3 rings (SSSR count). The van der Waals surface area contributed by atoms with Crippen LogP contribution in [0.25, 0.3) is 11.0 Å². The molecule has 1 heterocycles. The van der Waals surface area contributed by atoms with Crippen LogP contribution >= 0.6 is 0 Å². The fourth-order valence-electron chi connectivity index (χ4n) is 2.36. The van der Waals surface area contributed by atoms with E-state index in [-0.39, 0.29) is 28.3 Å². The largest absolute Gasteiger partial charge is 0.478 e. The summed E-state index contributed by atoms with van der Waals surface area (Å²) in [4.78, 5) is 44.2. The zero-order valence-corrected chi connectivity index (χ0v) is 14.7. The van der Waals surface area contributed by atoms with E-state index in [0.29, 0.717) is 11.0 Å². The van der Waals surface area contributed by atoms with Gasteiger partial charge in [0, 0.05) is 38.4 Å². The number of aromatic nitrogens is 2. The molecule has 0 bridgehead atoms. The molecule has 0 aliphatic heterocycles. The van der Waals surface area contributed by atoms with Gasteiger partial charge in [-0.05, 0) is 12.1 Å². The molecule has 12 nitrogen and oxygen atoms in total. The van der Waals surface area contributed by atoms with Gasteiger partial charge in [-0.1, -0.05) is 0 Å². The Hall–Kier alpha value is -4.22. The Balaban J connectivity index is 0.000000200. The quantitative estimate of drug-likeness (QED) is 0.449. The Kier molecular flexibility index (Phi) is 5.73. The number of aromatic amines is 1. The predicted octanol–water partition coefficient (Wildman–Crippen LogP) is 2.11. The van der Waals surface area contributed by atoms with E-state index >= 15 is 0 Å². The first kappa shape index (κ1) is 20.1. The molecule has 146 valence electrons. The summed E-state index contributed by atoms with van der Waals surface area (Å²) in [5.74, 6) is -1.12. The zero-order valence-electron chi connectivity index (χ0n) is 14.7. The number of nitro benzene ring substituents is 2. The van der Waals surface area contributed by atoms with Crippen LogP contribution in [0.2, 0.25) is 0 Å². The summed E-state index contributed by atoms with van der Waals surface area (Å²) >= 11 is 0. The van der Waals surface area contributed by atoms with Crippen molar-refractivity contribution in [3.8, 4) is 0 Å². The number of fused-ring (bicyclic) bond motifs is 1. The van der Waals surface area contributed by atoms with Gasteiger partial charge >= 0.3 is 11.7 Å². The molecule has 0 amide bonds. The van der Waals surface area contributed by atoms with Crippen molar-refractivity contribution in [3.63, 3.8) is 0 Å².